The van der Waals surface area contributed by atoms with Crippen LogP contribution in [0.15, 0.2) is 181 Å². The number of nitrogens with zero attached hydrogens (tertiary/aromatic N) is 1. The summed E-state index contributed by atoms with van der Waals surface area (Å²) in [5.74, 6) is 0. The van der Waals surface area contributed by atoms with E-state index in [0.29, 0.717) is 0 Å². The van der Waals surface area contributed by atoms with Gasteiger partial charge in [-0.2, -0.15) is 0 Å². The Balaban J connectivity index is 1.38. The summed E-state index contributed by atoms with van der Waals surface area (Å²) < 4.78 is 2.50. The molecular weight excluding hydrogens is 635 g/mol. The van der Waals surface area contributed by atoms with Crippen molar-refractivity contribution in [3.63, 3.8) is 0 Å². The molecule has 0 atom stereocenters. The summed E-state index contributed by atoms with van der Waals surface area (Å²) in [6.45, 7) is 2.17. The molecule has 0 spiro atoms. The maximum Gasteiger partial charge on any atom is 0.0553 e. The van der Waals surface area contributed by atoms with Gasteiger partial charge >= 0.3 is 0 Å². The highest BCUT2D eigenvalue weighted by Crippen LogP contribution is 2.51. The molecule has 0 saturated carbocycles. The standard InChI is InChI=1S/C49H33NS/c1-31-14-2-3-15-34(31)43-28-32(26-27-48(43)51)33-29-44-39-20-7-6-18-37(39)35-16-4-5-17-36(35)38-19-8-9-23-42(38)49(44)47(30-33)50-45-24-12-10-21-40(45)41-22-11-13-25-46(41)50/h2-30,51H,1H3. The molecule has 0 N–H and O–H groups in total. The average molecular weight is 668 g/mol. The third kappa shape index (κ3) is 4.64. The number of fused-ring (bicyclic) bond motifs is 11. The van der Waals surface area contributed by atoms with E-state index in [9.17, 15) is 0 Å². The zero-order valence-corrected chi connectivity index (χ0v) is 29.0. The molecule has 0 aliphatic heterocycles. The summed E-state index contributed by atoms with van der Waals surface area (Å²) in [5, 5.41) is 2.50. The molecule has 1 aromatic heterocycles. The fraction of sp³-hybridized carbons (Fsp3) is 0.0204. The number of rotatable bonds is 3. The fourth-order valence-electron chi connectivity index (χ4n) is 8.30. The topological polar surface area (TPSA) is 4.93 Å². The van der Waals surface area contributed by atoms with E-state index in [1.807, 2.05) is 0 Å². The molecule has 0 saturated heterocycles. The lowest BCUT2D eigenvalue weighted by Gasteiger charge is -2.27. The minimum Gasteiger partial charge on any atom is -0.309 e. The highest BCUT2D eigenvalue weighted by Gasteiger charge is 2.27. The molecule has 0 bridgehead atoms. The molecule has 2 heteroatoms. The Kier molecular flexibility index (Phi) is 6.87. The summed E-state index contributed by atoms with van der Waals surface area (Å²) in [5.41, 5.74) is 19.3. The van der Waals surface area contributed by atoms with Gasteiger partial charge in [0, 0.05) is 21.2 Å². The number of hydrogen-bond donors (Lipinski definition) is 1. The number of aryl methyl sites for hydroxylation is 1. The molecule has 9 aromatic rings. The summed E-state index contributed by atoms with van der Waals surface area (Å²) in [4.78, 5) is 0.970. The Morgan fingerprint density at radius 2 is 0.824 bits per heavy atom. The van der Waals surface area contributed by atoms with Gasteiger partial charge in [-0.3, -0.25) is 0 Å². The minimum absolute atomic E-state index is 0.970. The van der Waals surface area contributed by atoms with E-state index in [1.54, 1.807) is 0 Å². The second-order valence-corrected chi connectivity index (χ2v) is 14.0. The number of hydrogen-bond acceptors (Lipinski definition) is 1. The summed E-state index contributed by atoms with van der Waals surface area (Å²) in [6.07, 6.45) is 0. The van der Waals surface area contributed by atoms with Gasteiger partial charge in [-0.15, -0.1) is 12.6 Å². The zero-order chi connectivity index (χ0) is 34.1. The van der Waals surface area contributed by atoms with Crippen molar-refractivity contribution in [3.05, 3.63) is 181 Å². The second-order valence-electron chi connectivity index (χ2n) is 13.5. The molecule has 8 aromatic carbocycles. The Labute approximate surface area is 303 Å². The maximum atomic E-state index is 4.96. The lowest BCUT2D eigenvalue weighted by atomic mass is 9.79. The second kappa shape index (κ2) is 11.8. The van der Waals surface area contributed by atoms with Crippen molar-refractivity contribution in [3.8, 4) is 72.4 Å². The first-order valence-corrected chi connectivity index (χ1v) is 17.9. The zero-order valence-electron chi connectivity index (χ0n) is 28.1. The van der Waals surface area contributed by atoms with Crippen molar-refractivity contribution in [1.29, 1.82) is 0 Å². The molecule has 1 nitrogen and oxygen atoms in total. The van der Waals surface area contributed by atoms with Crippen LogP contribution in [-0.2, 0) is 0 Å². The number of aromatic nitrogens is 1. The largest absolute Gasteiger partial charge is 0.309 e. The Bertz CT molecular complexity index is 2780. The Morgan fingerprint density at radius 3 is 1.41 bits per heavy atom. The lowest BCUT2D eigenvalue weighted by molar-refractivity contribution is 1.18. The van der Waals surface area contributed by atoms with Crippen molar-refractivity contribution in [2.75, 3.05) is 0 Å². The molecular formula is C49H33NS. The Hall–Kier alpha value is -6.09. The predicted molar refractivity (Wildman–Crippen MR) is 219 cm³/mol. The fourth-order valence-corrected chi connectivity index (χ4v) is 8.56. The first-order valence-electron chi connectivity index (χ1n) is 17.5. The van der Waals surface area contributed by atoms with Gasteiger partial charge < -0.3 is 4.57 Å². The molecule has 0 radical (unpaired) electrons. The van der Waals surface area contributed by atoms with Crippen LogP contribution in [-0.4, -0.2) is 4.57 Å². The van der Waals surface area contributed by atoms with Gasteiger partial charge in [-0.05, 0) is 110 Å². The van der Waals surface area contributed by atoms with Gasteiger partial charge in [0.05, 0.1) is 16.7 Å². The lowest BCUT2D eigenvalue weighted by Crippen LogP contribution is -2.04. The van der Waals surface area contributed by atoms with Crippen LogP contribution in [0, 0.1) is 6.92 Å². The smallest absolute Gasteiger partial charge is 0.0553 e. The highest BCUT2D eigenvalue weighted by molar-refractivity contribution is 7.80. The first kappa shape index (κ1) is 29.8. The average Bonchev–Trinajstić information content (AvgIpc) is 3.52. The minimum atomic E-state index is 0.970. The molecule has 1 aliphatic carbocycles. The maximum absolute atomic E-state index is 4.96. The van der Waals surface area contributed by atoms with E-state index < -0.39 is 0 Å². The van der Waals surface area contributed by atoms with Crippen LogP contribution in [0.1, 0.15) is 5.56 Å². The molecule has 1 heterocycles. The highest BCUT2D eigenvalue weighted by atomic mass is 32.1. The van der Waals surface area contributed by atoms with Gasteiger partial charge in [0.1, 0.15) is 0 Å². The normalized spacial score (nSPS) is 11.7. The first-order chi connectivity index (χ1) is 25.2. The van der Waals surface area contributed by atoms with Crippen molar-refractivity contribution < 1.29 is 0 Å². The van der Waals surface area contributed by atoms with E-state index in [1.165, 1.54) is 77.4 Å². The van der Waals surface area contributed by atoms with Gasteiger partial charge in [-0.1, -0.05) is 140 Å². The molecule has 51 heavy (non-hydrogen) atoms. The van der Waals surface area contributed by atoms with E-state index >= 15 is 0 Å². The predicted octanol–water partition coefficient (Wildman–Crippen LogP) is 13.7. The van der Waals surface area contributed by atoms with Crippen molar-refractivity contribution in [2.45, 2.75) is 11.8 Å². The van der Waals surface area contributed by atoms with Crippen LogP contribution >= 0.6 is 12.6 Å². The number of thiol groups is 1. The molecule has 240 valence electrons. The third-order valence-electron chi connectivity index (χ3n) is 10.6. The number of para-hydroxylation sites is 2. The van der Waals surface area contributed by atoms with E-state index in [0.717, 1.165) is 27.3 Å². The van der Waals surface area contributed by atoms with Crippen LogP contribution in [0.5, 0.6) is 0 Å². The van der Waals surface area contributed by atoms with Crippen LogP contribution < -0.4 is 0 Å². The van der Waals surface area contributed by atoms with Gasteiger partial charge in [0.25, 0.3) is 0 Å². The summed E-state index contributed by atoms with van der Waals surface area (Å²) in [7, 11) is 0. The molecule has 10 rings (SSSR count). The number of benzene rings is 8. The van der Waals surface area contributed by atoms with E-state index in [-0.39, 0.29) is 0 Å². The van der Waals surface area contributed by atoms with Crippen LogP contribution in [0.2, 0.25) is 0 Å². The third-order valence-corrected chi connectivity index (χ3v) is 11.0. The van der Waals surface area contributed by atoms with Crippen molar-refractivity contribution in [2.24, 2.45) is 0 Å². The monoisotopic (exact) mass is 667 g/mol. The van der Waals surface area contributed by atoms with Gasteiger partial charge in [0.2, 0.25) is 0 Å². The van der Waals surface area contributed by atoms with Crippen LogP contribution in [0.3, 0.4) is 0 Å². The van der Waals surface area contributed by atoms with E-state index in [4.69, 9.17) is 12.6 Å². The molecule has 0 unspecified atom stereocenters. The van der Waals surface area contributed by atoms with Crippen molar-refractivity contribution in [1.82, 2.24) is 4.57 Å². The van der Waals surface area contributed by atoms with Crippen LogP contribution in [0.25, 0.3) is 94.3 Å². The summed E-state index contributed by atoms with van der Waals surface area (Å²) >= 11 is 4.96. The molecule has 0 fully saturated rings. The SMILES string of the molecule is Cc1ccccc1-c1cc(-c2cc3c(c(-n4c5ccccc5c5ccccc54)c2)-c2ccccc2-c2ccccc2-c2ccccc2-3)ccc1S. The summed E-state index contributed by atoms with van der Waals surface area (Å²) in [6, 6.07) is 64.5. The van der Waals surface area contributed by atoms with Gasteiger partial charge in [0.15, 0.2) is 0 Å². The van der Waals surface area contributed by atoms with Crippen molar-refractivity contribution >= 4 is 34.4 Å². The quantitative estimate of drug-likeness (QED) is 0.179. The van der Waals surface area contributed by atoms with Crippen LogP contribution in [0.4, 0.5) is 0 Å². The molecule has 1 aliphatic rings. The van der Waals surface area contributed by atoms with Gasteiger partial charge in [-0.25, -0.2) is 0 Å². The molecule has 0 amide bonds. The van der Waals surface area contributed by atoms with E-state index in [2.05, 4.69) is 187 Å². The Morgan fingerprint density at radius 1 is 0.373 bits per heavy atom.